The minimum atomic E-state index is 0.790. The number of guanidine groups is 1. The summed E-state index contributed by atoms with van der Waals surface area (Å²) in [6.45, 7) is 13.1. The molecular weight excluding hydrogens is 364 g/mol. The van der Waals surface area contributed by atoms with Gasteiger partial charge in [0.1, 0.15) is 6.26 Å². The highest BCUT2D eigenvalue weighted by Gasteiger charge is 2.20. The largest absolute Gasteiger partial charge is 0.364 e. The third kappa shape index (κ3) is 6.30. The predicted octanol–water partition coefficient (Wildman–Crippen LogP) is 2.41. The Labute approximate surface area is 174 Å². The van der Waals surface area contributed by atoms with E-state index in [1.165, 1.54) is 11.1 Å². The maximum absolute atomic E-state index is 4.93. The summed E-state index contributed by atoms with van der Waals surface area (Å²) in [7, 11) is 1.86. The van der Waals surface area contributed by atoms with Crippen molar-refractivity contribution in [2.24, 2.45) is 4.99 Å². The number of aliphatic imine (C=N–C) groups is 1. The Morgan fingerprint density at radius 2 is 1.90 bits per heavy atom. The zero-order chi connectivity index (χ0) is 20.5. The zero-order valence-electron chi connectivity index (χ0n) is 18.0. The van der Waals surface area contributed by atoms with E-state index in [-0.39, 0.29) is 0 Å². The van der Waals surface area contributed by atoms with Crippen LogP contribution in [0.3, 0.4) is 0 Å². The zero-order valence-corrected chi connectivity index (χ0v) is 18.0. The molecule has 0 aliphatic carbocycles. The molecule has 0 saturated carbocycles. The van der Waals surface area contributed by atoms with Crippen LogP contribution in [0, 0.1) is 0 Å². The molecule has 7 heteroatoms. The van der Waals surface area contributed by atoms with Crippen molar-refractivity contribution >= 4 is 5.96 Å². The van der Waals surface area contributed by atoms with Gasteiger partial charge in [-0.2, -0.15) is 0 Å². The minimum absolute atomic E-state index is 0.790. The molecule has 0 radical (unpaired) electrons. The lowest BCUT2D eigenvalue weighted by molar-refractivity contribution is 0.169. The van der Waals surface area contributed by atoms with E-state index >= 15 is 0 Å². The summed E-state index contributed by atoms with van der Waals surface area (Å²) < 4.78 is 4.93. The van der Waals surface area contributed by atoms with Crippen molar-refractivity contribution in [3.05, 3.63) is 53.4 Å². The summed E-state index contributed by atoms with van der Waals surface area (Å²) in [4.78, 5) is 11.7. The third-order valence-electron chi connectivity index (χ3n) is 5.50. The quantitative estimate of drug-likeness (QED) is 0.544. The average Bonchev–Trinajstić information content (AvgIpc) is 3.27. The molecule has 0 atom stereocenters. The smallest absolute Gasteiger partial charge is 0.194 e. The Morgan fingerprint density at radius 1 is 1.14 bits per heavy atom. The van der Waals surface area contributed by atoms with Crippen molar-refractivity contribution in [3.8, 4) is 0 Å². The molecule has 158 valence electrons. The number of aromatic nitrogens is 1. The van der Waals surface area contributed by atoms with Crippen LogP contribution in [0.1, 0.15) is 30.7 Å². The molecule has 7 nitrogen and oxygen atoms in total. The number of hydrogen-bond donors (Lipinski definition) is 1. The van der Waals surface area contributed by atoms with Crippen LogP contribution in [0.4, 0.5) is 0 Å². The monoisotopic (exact) mass is 398 g/mol. The van der Waals surface area contributed by atoms with Crippen molar-refractivity contribution in [2.45, 2.75) is 33.5 Å². The fourth-order valence-corrected chi connectivity index (χ4v) is 3.72. The fraction of sp³-hybridized carbons (Fsp3) is 0.545. The molecule has 0 unspecified atom stereocenters. The second-order valence-electron chi connectivity index (χ2n) is 7.44. The highest BCUT2D eigenvalue weighted by molar-refractivity contribution is 5.80. The first kappa shape index (κ1) is 21.3. The first-order valence-electron chi connectivity index (χ1n) is 10.6. The lowest BCUT2D eigenvalue weighted by Crippen LogP contribution is -2.52. The standard InChI is InChI=1S/C22H34N6O/c1-4-26(5-2)17-20-8-6-7-19(15-20)16-24-22(23-3)28-12-10-27(11-13-28)18-21-9-14-29-25-21/h6-9,14-15H,4-5,10-13,16-18H2,1-3H3,(H,23,24). The lowest BCUT2D eigenvalue weighted by Gasteiger charge is -2.36. The van der Waals surface area contributed by atoms with E-state index in [0.717, 1.165) is 70.6 Å². The molecule has 0 amide bonds. The lowest BCUT2D eigenvalue weighted by atomic mass is 10.1. The van der Waals surface area contributed by atoms with Gasteiger partial charge in [0.15, 0.2) is 5.96 Å². The van der Waals surface area contributed by atoms with E-state index in [0.29, 0.717) is 0 Å². The van der Waals surface area contributed by atoms with E-state index in [4.69, 9.17) is 4.52 Å². The van der Waals surface area contributed by atoms with Gasteiger partial charge < -0.3 is 14.7 Å². The SMILES string of the molecule is CCN(CC)Cc1cccc(CNC(=NC)N2CCN(Cc3ccon3)CC2)c1. The van der Waals surface area contributed by atoms with Gasteiger partial charge in [0.2, 0.25) is 0 Å². The highest BCUT2D eigenvalue weighted by atomic mass is 16.5. The van der Waals surface area contributed by atoms with Crippen molar-refractivity contribution in [2.75, 3.05) is 46.3 Å². The molecule has 3 rings (SSSR count). The van der Waals surface area contributed by atoms with E-state index in [1.54, 1.807) is 6.26 Å². The summed E-state index contributed by atoms with van der Waals surface area (Å²) in [5.74, 6) is 0.972. The predicted molar refractivity (Wildman–Crippen MR) is 117 cm³/mol. The summed E-state index contributed by atoms with van der Waals surface area (Å²) in [5.41, 5.74) is 3.65. The first-order chi connectivity index (χ1) is 14.2. The van der Waals surface area contributed by atoms with Crippen LogP contribution < -0.4 is 5.32 Å². The van der Waals surface area contributed by atoms with Gasteiger partial charge in [0.25, 0.3) is 0 Å². The Balaban J connectivity index is 1.48. The van der Waals surface area contributed by atoms with Crippen LogP contribution in [-0.2, 0) is 19.6 Å². The van der Waals surface area contributed by atoms with Crippen molar-refractivity contribution < 1.29 is 4.52 Å². The van der Waals surface area contributed by atoms with Gasteiger partial charge in [-0.1, -0.05) is 43.3 Å². The molecule has 0 bridgehead atoms. The van der Waals surface area contributed by atoms with Crippen molar-refractivity contribution in [3.63, 3.8) is 0 Å². The van der Waals surface area contributed by atoms with Crippen LogP contribution in [0.5, 0.6) is 0 Å². The van der Waals surface area contributed by atoms with E-state index in [1.807, 2.05) is 13.1 Å². The molecular formula is C22H34N6O. The van der Waals surface area contributed by atoms with E-state index in [9.17, 15) is 0 Å². The van der Waals surface area contributed by atoms with E-state index < -0.39 is 0 Å². The first-order valence-corrected chi connectivity index (χ1v) is 10.6. The Kier molecular flexibility index (Phi) is 8.07. The number of rotatable bonds is 8. The minimum Gasteiger partial charge on any atom is -0.364 e. The summed E-state index contributed by atoms with van der Waals surface area (Å²) >= 11 is 0. The van der Waals surface area contributed by atoms with Crippen molar-refractivity contribution in [1.29, 1.82) is 0 Å². The molecule has 2 aromatic rings. The molecule has 1 aliphatic rings. The normalized spacial score (nSPS) is 15.9. The number of nitrogens with one attached hydrogen (secondary N) is 1. The van der Waals surface area contributed by atoms with Gasteiger partial charge in [-0.15, -0.1) is 0 Å². The molecule has 1 aliphatic heterocycles. The highest BCUT2D eigenvalue weighted by Crippen LogP contribution is 2.10. The molecule has 0 spiro atoms. The van der Waals surface area contributed by atoms with Crippen LogP contribution in [0.15, 0.2) is 46.1 Å². The van der Waals surface area contributed by atoms with Gasteiger partial charge in [0.05, 0.1) is 5.69 Å². The van der Waals surface area contributed by atoms with Crippen LogP contribution in [0.2, 0.25) is 0 Å². The number of benzene rings is 1. The van der Waals surface area contributed by atoms with Gasteiger partial charge in [0, 0.05) is 58.9 Å². The Bertz CT molecular complexity index is 748. The number of hydrogen-bond acceptors (Lipinski definition) is 5. The number of nitrogens with zero attached hydrogens (tertiary/aromatic N) is 5. The summed E-state index contributed by atoms with van der Waals surface area (Å²) in [6, 6.07) is 10.8. The molecule has 1 saturated heterocycles. The third-order valence-corrected chi connectivity index (χ3v) is 5.50. The van der Waals surface area contributed by atoms with Gasteiger partial charge >= 0.3 is 0 Å². The molecule has 2 heterocycles. The second kappa shape index (κ2) is 11.0. The Hall–Kier alpha value is -2.38. The molecule has 1 N–H and O–H groups in total. The van der Waals surface area contributed by atoms with Crippen LogP contribution in [0.25, 0.3) is 0 Å². The summed E-state index contributed by atoms with van der Waals surface area (Å²) in [5, 5.41) is 7.55. The summed E-state index contributed by atoms with van der Waals surface area (Å²) in [6.07, 6.45) is 1.63. The van der Waals surface area contributed by atoms with Crippen molar-refractivity contribution in [1.82, 2.24) is 25.2 Å². The fourth-order valence-electron chi connectivity index (χ4n) is 3.72. The maximum atomic E-state index is 4.93. The van der Waals surface area contributed by atoms with Gasteiger partial charge in [-0.05, 0) is 24.2 Å². The van der Waals surface area contributed by atoms with Gasteiger partial charge in [-0.3, -0.25) is 14.8 Å². The van der Waals surface area contributed by atoms with Crippen LogP contribution in [-0.4, -0.2) is 72.1 Å². The molecule has 1 aromatic heterocycles. The van der Waals surface area contributed by atoms with Gasteiger partial charge in [-0.25, -0.2) is 0 Å². The topological polar surface area (TPSA) is 60.1 Å². The van der Waals surface area contributed by atoms with E-state index in [2.05, 4.69) is 68.3 Å². The molecule has 1 aromatic carbocycles. The maximum Gasteiger partial charge on any atom is 0.194 e. The second-order valence-corrected chi connectivity index (χ2v) is 7.44. The average molecular weight is 399 g/mol. The Morgan fingerprint density at radius 3 is 2.55 bits per heavy atom. The van der Waals surface area contributed by atoms with Crippen LogP contribution >= 0.6 is 0 Å². The molecule has 29 heavy (non-hydrogen) atoms. The molecule has 1 fully saturated rings. The number of piperazine rings is 1.